The number of ether oxygens (including phenoxy) is 4. The standard InChI is InChI=1S/C26H30N2O5/c1-2-30-15-16-33-25-10-6-7-22(19-25)28-26(29)20-27-21-11-13-24(14-12-21)32-18-17-31-23-8-4-3-5-9-23/h3-14,19,27H,2,15-18,20H2,1H3,(H,28,29). The van der Waals surface area contributed by atoms with Gasteiger partial charge in [0.15, 0.2) is 0 Å². The molecule has 0 aliphatic rings. The first-order chi connectivity index (χ1) is 16.2. The summed E-state index contributed by atoms with van der Waals surface area (Å²) in [5.41, 5.74) is 1.50. The number of anilines is 2. The second kappa shape index (κ2) is 13.6. The molecule has 3 rings (SSSR count). The number of hydrogen-bond donors (Lipinski definition) is 2. The molecule has 7 nitrogen and oxygen atoms in total. The van der Waals surface area contributed by atoms with Crippen molar-refractivity contribution in [2.75, 3.05) is 50.2 Å². The molecule has 33 heavy (non-hydrogen) atoms. The molecule has 0 saturated heterocycles. The lowest BCUT2D eigenvalue weighted by Crippen LogP contribution is -2.21. The Bertz CT molecular complexity index is 964. The molecule has 0 saturated carbocycles. The lowest BCUT2D eigenvalue weighted by molar-refractivity contribution is -0.114. The number of carbonyl (C=O) groups excluding carboxylic acids is 1. The molecule has 0 radical (unpaired) electrons. The highest BCUT2D eigenvalue weighted by molar-refractivity contribution is 5.93. The Balaban J connectivity index is 1.35. The third kappa shape index (κ3) is 9.13. The predicted octanol–water partition coefficient (Wildman–Crippen LogP) is 4.61. The first-order valence-electron chi connectivity index (χ1n) is 11.0. The highest BCUT2D eigenvalue weighted by Gasteiger charge is 2.04. The van der Waals surface area contributed by atoms with Gasteiger partial charge in [0, 0.05) is 24.0 Å². The highest BCUT2D eigenvalue weighted by atomic mass is 16.5. The van der Waals surface area contributed by atoms with E-state index in [1.165, 1.54) is 0 Å². The molecule has 7 heteroatoms. The zero-order valence-electron chi connectivity index (χ0n) is 18.8. The summed E-state index contributed by atoms with van der Waals surface area (Å²) in [6.45, 7) is 4.64. The lowest BCUT2D eigenvalue weighted by Gasteiger charge is -2.11. The molecule has 0 fully saturated rings. The molecule has 0 aromatic heterocycles. The Hall–Kier alpha value is -3.71. The molecule has 2 N–H and O–H groups in total. The molecule has 174 valence electrons. The SMILES string of the molecule is CCOCCOc1cccc(NC(=O)CNc2ccc(OCCOc3ccccc3)cc2)c1. The molecule has 0 aliphatic carbocycles. The van der Waals surface area contributed by atoms with Crippen LogP contribution in [0, 0.1) is 0 Å². The Labute approximate surface area is 194 Å². The molecular formula is C26H30N2O5. The summed E-state index contributed by atoms with van der Waals surface area (Å²) < 4.78 is 22.2. The van der Waals surface area contributed by atoms with E-state index >= 15 is 0 Å². The van der Waals surface area contributed by atoms with Crippen molar-refractivity contribution >= 4 is 17.3 Å². The van der Waals surface area contributed by atoms with Gasteiger partial charge < -0.3 is 29.6 Å². The van der Waals surface area contributed by atoms with E-state index in [0.717, 1.165) is 17.2 Å². The van der Waals surface area contributed by atoms with E-state index in [1.807, 2.05) is 79.7 Å². The van der Waals surface area contributed by atoms with Gasteiger partial charge in [0.05, 0.1) is 13.2 Å². The summed E-state index contributed by atoms with van der Waals surface area (Å²) in [5.74, 6) is 2.09. The second-order valence-corrected chi connectivity index (χ2v) is 7.01. The summed E-state index contributed by atoms with van der Waals surface area (Å²) in [6, 6.07) is 24.4. The van der Waals surface area contributed by atoms with Gasteiger partial charge in [-0.3, -0.25) is 4.79 Å². The minimum Gasteiger partial charge on any atom is -0.491 e. The maximum Gasteiger partial charge on any atom is 0.243 e. The largest absolute Gasteiger partial charge is 0.491 e. The van der Waals surface area contributed by atoms with Crippen LogP contribution in [-0.4, -0.2) is 45.5 Å². The molecular weight excluding hydrogens is 420 g/mol. The fourth-order valence-corrected chi connectivity index (χ4v) is 2.92. The first kappa shape index (κ1) is 23.9. The average molecular weight is 451 g/mol. The van der Waals surface area contributed by atoms with Crippen molar-refractivity contribution in [3.63, 3.8) is 0 Å². The molecule has 1 amide bonds. The lowest BCUT2D eigenvalue weighted by atomic mass is 10.3. The quantitative estimate of drug-likeness (QED) is 0.349. The van der Waals surface area contributed by atoms with Crippen LogP contribution in [0.3, 0.4) is 0 Å². The molecule has 0 unspecified atom stereocenters. The zero-order chi connectivity index (χ0) is 23.1. The van der Waals surface area contributed by atoms with Crippen LogP contribution < -0.4 is 24.8 Å². The average Bonchev–Trinajstić information content (AvgIpc) is 2.85. The van der Waals surface area contributed by atoms with Crippen LogP contribution >= 0.6 is 0 Å². The van der Waals surface area contributed by atoms with Crippen molar-refractivity contribution in [3.8, 4) is 17.2 Å². The third-order valence-electron chi connectivity index (χ3n) is 4.49. The normalized spacial score (nSPS) is 10.3. The third-order valence-corrected chi connectivity index (χ3v) is 4.49. The highest BCUT2D eigenvalue weighted by Crippen LogP contribution is 2.18. The van der Waals surface area contributed by atoms with Crippen molar-refractivity contribution < 1.29 is 23.7 Å². The van der Waals surface area contributed by atoms with Gasteiger partial charge in [-0.1, -0.05) is 24.3 Å². The zero-order valence-corrected chi connectivity index (χ0v) is 18.8. The summed E-state index contributed by atoms with van der Waals surface area (Å²) in [4.78, 5) is 12.3. The summed E-state index contributed by atoms with van der Waals surface area (Å²) in [6.07, 6.45) is 0. The van der Waals surface area contributed by atoms with E-state index in [1.54, 1.807) is 6.07 Å². The van der Waals surface area contributed by atoms with Crippen molar-refractivity contribution in [3.05, 3.63) is 78.9 Å². The van der Waals surface area contributed by atoms with Crippen LogP contribution in [-0.2, 0) is 9.53 Å². The van der Waals surface area contributed by atoms with Gasteiger partial charge in [-0.25, -0.2) is 0 Å². The fraction of sp³-hybridized carbons (Fsp3) is 0.269. The maximum absolute atomic E-state index is 12.3. The predicted molar refractivity (Wildman–Crippen MR) is 129 cm³/mol. The van der Waals surface area contributed by atoms with Gasteiger partial charge in [0.1, 0.15) is 37.1 Å². The van der Waals surface area contributed by atoms with Gasteiger partial charge in [-0.15, -0.1) is 0 Å². The summed E-state index contributed by atoms with van der Waals surface area (Å²) in [7, 11) is 0. The Kier molecular flexibility index (Phi) is 9.90. The van der Waals surface area contributed by atoms with Crippen molar-refractivity contribution in [1.82, 2.24) is 0 Å². The van der Waals surface area contributed by atoms with E-state index in [-0.39, 0.29) is 12.5 Å². The number of para-hydroxylation sites is 1. The minimum absolute atomic E-state index is 0.139. The maximum atomic E-state index is 12.3. The van der Waals surface area contributed by atoms with Gasteiger partial charge in [0.2, 0.25) is 5.91 Å². The molecule has 3 aromatic carbocycles. The summed E-state index contributed by atoms with van der Waals surface area (Å²) in [5, 5.41) is 5.97. The van der Waals surface area contributed by atoms with Crippen LogP contribution in [0.2, 0.25) is 0 Å². The topological polar surface area (TPSA) is 78.1 Å². The van der Waals surface area contributed by atoms with Gasteiger partial charge >= 0.3 is 0 Å². The van der Waals surface area contributed by atoms with E-state index in [9.17, 15) is 4.79 Å². The molecule has 0 spiro atoms. The molecule has 0 aliphatic heterocycles. The number of nitrogens with one attached hydrogen (secondary N) is 2. The Morgan fingerprint density at radius 2 is 1.33 bits per heavy atom. The van der Waals surface area contributed by atoms with E-state index < -0.39 is 0 Å². The van der Waals surface area contributed by atoms with Crippen molar-refractivity contribution in [2.24, 2.45) is 0 Å². The Morgan fingerprint density at radius 1 is 0.697 bits per heavy atom. The summed E-state index contributed by atoms with van der Waals surface area (Å²) >= 11 is 0. The monoisotopic (exact) mass is 450 g/mol. The van der Waals surface area contributed by atoms with Gasteiger partial charge in [0.25, 0.3) is 0 Å². The number of benzene rings is 3. The van der Waals surface area contributed by atoms with E-state index in [4.69, 9.17) is 18.9 Å². The van der Waals surface area contributed by atoms with Crippen LogP contribution in [0.15, 0.2) is 78.9 Å². The molecule has 3 aromatic rings. The second-order valence-electron chi connectivity index (χ2n) is 7.01. The van der Waals surface area contributed by atoms with Gasteiger partial charge in [-0.05, 0) is 55.5 Å². The van der Waals surface area contributed by atoms with Crippen molar-refractivity contribution in [1.29, 1.82) is 0 Å². The number of rotatable bonds is 14. The number of hydrogen-bond acceptors (Lipinski definition) is 6. The number of amides is 1. The molecule has 0 bridgehead atoms. The van der Waals surface area contributed by atoms with E-state index in [2.05, 4.69) is 10.6 Å². The molecule has 0 heterocycles. The Morgan fingerprint density at radius 3 is 2.06 bits per heavy atom. The van der Waals surface area contributed by atoms with E-state index in [0.29, 0.717) is 44.5 Å². The number of carbonyl (C=O) groups is 1. The molecule has 0 atom stereocenters. The fourth-order valence-electron chi connectivity index (χ4n) is 2.92. The first-order valence-corrected chi connectivity index (χ1v) is 11.0. The minimum atomic E-state index is -0.153. The van der Waals surface area contributed by atoms with Crippen LogP contribution in [0.5, 0.6) is 17.2 Å². The van der Waals surface area contributed by atoms with Crippen LogP contribution in [0.4, 0.5) is 11.4 Å². The van der Waals surface area contributed by atoms with Crippen LogP contribution in [0.1, 0.15) is 6.92 Å². The van der Waals surface area contributed by atoms with Gasteiger partial charge in [-0.2, -0.15) is 0 Å². The van der Waals surface area contributed by atoms with Crippen molar-refractivity contribution in [2.45, 2.75) is 6.92 Å². The smallest absolute Gasteiger partial charge is 0.243 e. The van der Waals surface area contributed by atoms with Crippen LogP contribution in [0.25, 0.3) is 0 Å².